The van der Waals surface area contributed by atoms with Gasteiger partial charge >= 0.3 is 0 Å². The summed E-state index contributed by atoms with van der Waals surface area (Å²) in [6.45, 7) is 10.6. The number of allylic oxidation sites excluding steroid dienone is 1. The molecule has 200 valence electrons. The SMILES string of the molecule is C=C1CCC(N2C(=O)c3cccc4c(Cc5cnn(C6CCN(CC(C)(C)C#N)CC6)c5)ccc2c34)C(=O)N1. The number of piperidine rings is 2. The molecule has 8 nitrogen and oxygen atoms in total. The van der Waals surface area contributed by atoms with Crippen molar-refractivity contribution in [2.24, 2.45) is 5.41 Å². The Morgan fingerprint density at radius 3 is 2.69 bits per heavy atom. The van der Waals surface area contributed by atoms with E-state index in [0.29, 0.717) is 36.6 Å². The number of anilines is 1. The van der Waals surface area contributed by atoms with Gasteiger partial charge in [-0.25, -0.2) is 0 Å². The Labute approximate surface area is 228 Å². The molecule has 8 heteroatoms. The van der Waals surface area contributed by atoms with Crippen molar-refractivity contribution >= 4 is 28.3 Å². The Morgan fingerprint density at radius 1 is 1.15 bits per heavy atom. The predicted octanol–water partition coefficient (Wildman–Crippen LogP) is 4.57. The zero-order chi connectivity index (χ0) is 27.3. The molecule has 39 heavy (non-hydrogen) atoms. The van der Waals surface area contributed by atoms with Gasteiger partial charge in [-0.15, -0.1) is 0 Å². The summed E-state index contributed by atoms with van der Waals surface area (Å²) >= 11 is 0. The Morgan fingerprint density at radius 2 is 1.95 bits per heavy atom. The number of hydrogen-bond acceptors (Lipinski definition) is 5. The van der Waals surface area contributed by atoms with E-state index in [2.05, 4.69) is 45.9 Å². The lowest BCUT2D eigenvalue weighted by atomic mass is 9.93. The highest BCUT2D eigenvalue weighted by molar-refractivity contribution is 6.27. The summed E-state index contributed by atoms with van der Waals surface area (Å²) in [7, 11) is 0. The second-order valence-corrected chi connectivity index (χ2v) is 11.8. The van der Waals surface area contributed by atoms with Gasteiger partial charge in [0.05, 0.1) is 29.4 Å². The minimum atomic E-state index is -0.528. The van der Waals surface area contributed by atoms with Crippen molar-refractivity contribution in [3.63, 3.8) is 0 Å². The molecule has 6 rings (SSSR count). The van der Waals surface area contributed by atoms with Crippen molar-refractivity contribution in [1.29, 1.82) is 5.26 Å². The van der Waals surface area contributed by atoms with E-state index >= 15 is 0 Å². The minimum Gasteiger partial charge on any atom is -0.329 e. The summed E-state index contributed by atoms with van der Waals surface area (Å²) < 4.78 is 2.10. The highest BCUT2D eigenvalue weighted by Gasteiger charge is 2.40. The lowest BCUT2D eigenvalue weighted by Crippen LogP contribution is -2.51. The summed E-state index contributed by atoms with van der Waals surface area (Å²) in [4.78, 5) is 30.3. The first kappa shape index (κ1) is 25.3. The van der Waals surface area contributed by atoms with Crippen LogP contribution in [0.5, 0.6) is 0 Å². The van der Waals surface area contributed by atoms with Gasteiger partial charge in [-0.05, 0) is 68.2 Å². The highest BCUT2D eigenvalue weighted by atomic mass is 16.2. The second-order valence-electron chi connectivity index (χ2n) is 11.8. The van der Waals surface area contributed by atoms with Gasteiger partial charge in [0.25, 0.3) is 5.91 Å². The molecule has 3 aliphatic rings. The van der Waals surface area contributed by atoms with Crippen molar-refractivity contribution in [2.45, 2.75) is 58.0 Å². The molecule has 0 spiro atoms. The molecule has 2 fully saturated rings. The van der Waals surface area contributed by atoms with Crippen LogP contribution >= 0.6 is 0 Å². The lowest BCUT2D eigenvalue weighted by molar-refractivity contribution is -0.122. The quantitative estimate of drug-likeness (QED) is 0.512. The van der Waals surface area contributed by atoms with Crippen LogP contribution in [0.3, 0.4) is 0 Å². The lowest BCUT2D eigenvalue weighted by Gasteiger charge is -2.34. The Bertz CT molecular complexity index is 1520. The maximum Gasteiger partial charge on any atom is 0.259 e. The number of benzene rings is 2. The standard InChI is InChI=1S/C31H34N6O2/c1-20-7-9-27(29(38)34-20)37-26-10-8-22(24-5-4-6-25(28(24)26)30(37)39)15-21-16-33-36(17-21)23-11-13-35(14-12-23)19-31(2,3)18-32/h4-6,8,10,16-17,23,27H,1,7,9,11-15,19H2,2-3H3,(H,34,38). The number of nitrogens with zero attached hydrogens (tertiary/aromatic N) is 5. The molecule has 0 bridgehead atoms. The summed E-state index contributed by atoms with van der Waals surface area (Å²) in [5.41, 5.74) is 4.11. The van der Waals surface area contributed by atoms with E-state index in [9.17, 15) is 14.9 Å². The predicted molar refractivity (Wildman–Crippen MR) is 150 cm³/mol. The first-order valence-electron chi connectivity index (χ1n) is 13.8. The molecule has 4 heterocycles. The summed E-state index contributed by atoms with van der Waals surface area (Å²) in [5, 5.41) is 18.9. The third kappa shape index (κ3) is 4.61. The van der Waals surface area contributed by atoms with Gasteiger partial charge in [-0.1, -0.05) is 24.8 Å². The normalized spacial score (nSPS) is 20.5. The van der Waals surface area contributed by atoms with Crippen molar-refractivity contribution < 1.29 is 9.59 Å². The van der Waals surface area contributed by atoms with E-state index < -0.39 is 6.04 Å². The summed E-state index contributed by atoms with van der Waals surface area (Å²) in [5.74, 6) is -0.283. The van der Waals surface area contributed by atoms with Gasteiger partial charge in [-0.2, -0.15) is 10.4 Å². The van der Waals surface area contributed by atoms with Crippen molar-refractivity contribution in [3.05, 3.63) is 71.7 Å². The topological polar surface area (TPSA) is 94.3 Å². The van der Waals surface area contributed by atoms with Gasteiger partial charge in [0, 0.05) is 48.9 Å². The molecule has 1 unspecified atom stereocenters. The molecule has 0 saturated carbocycles. The minimum absolute atomic E-state index is 0.113. The van der Waals surface area contributed by atoms with Crippen LogP contribution in [-0.4, -0.2) is 52.2 Å². The molecule has 2 amide bonds. The van der Waals surface area contributed by atoms with E-state index in [1.54, 1.807) is 4.90 Å². The molecular weight excluding hydrogens is 488 g/mol. The molecular formula is C31H34N6O2. The van der Waals surface area contributed by atoms with Gasteiger partial charge in [0.1, 0.15) is 6.04 Å². The van der Waals surface area contributed by atoms with Crippen molar-refractivity contribution in [1.82, 2.24) is 20.0 Å². The van der Waals surface area contributed by atoms with E-state index in [-0.39, 0.29) is 17.2 Å². The Hall–Kier alpha value is -3.96. The van der Waals surface area contributed by atoms with Gasteiger partial charge in [0.2, 0.25) is 5.91 Å². The van der Waals surface area contributed by atoms with Crippen LogP contribution in [0.25, 0.3) is 10.8 Å². The molecule has 0 aliphatic carbocycles. The highest BCUT2D eigenvalue weighted by Crippen LogP contribution is 2.41. The van der Waals surface area contributed by atoms with E-state index in [1.165, 1.54) is 0 Å². The first-order valence-corrected chi connectivity index (χ1v) is 13.8. The van der Waals surface area contributed by atoms with Crippen LogP contribution in [0, 0.1) is 16.7 Å². The van der Waals surface area contributed by atoms with Gasteiger partial charge in [0.15, 0.2) is 0 Å². The maximum absolute atomic E-state index is 13.5. The zero-order valence-electron chi connectivity index (χ0n) is 22.6. The summed E-state index contributed by atoms with van der Waals surface area (Å²) in [6, 6.07) is 12.2. The van der Waals surface area contributed by atoms with Crippen LogP contribution in [0.1, 0.15) is 67.1 Å². The second kappa shape index (κ2) is 9.65. The number of hydrogen-bond donors (Lipinski definition) is 1. The summed E-state index contributed by atoms with van der Waals surface area (Å²) in [6.07, 6.45) is 8.09. The molecule has 3 aromatic rings. The van der Waals surface area contributed by atoms with Gasteiger partial charge in [-0.3, -0.25) is 19.2 Å². The smallest absolute Gasteiger partial charge is 0.259 e. The number of carbonyl (C=O) groups is 2. The van der Waals surface area contributed by atoms with Crippen LogP contribution in [-0.2, 0) is 11.2 Å². The average Bonchev–Trinajstić information content (AvgIpc) is 3.50. The number of aromatic nitrogens is 2. The number of amides is 2. The van der Waals surface area contributed by atoms with E-state index in [4.69, 9.17) is 5.10 Å². The number of nitrogens with one attached hydrogen (secondary N) is 1. The molecule has 1 atom stereocenters. The van der Waals surface area contributed by atoms with E-state index in [0.717, 1.165) is 60.1 Å². The average molecular weight is 523 g/mol. The number of likely N-dealkylation sites (tertiary alicyclic amines) is 1. The number of carbonyl (C=O) groups excluding carboxylic acids is 2. The molecule has 2 aromatic carbocycles. The molecule has 2 saturated heterocycles. The Kier molecular flexibility index (Phi) is 6.27. The molecule has 1 N–H and O–H groups in total. The maximum atomic E-state index is 13.5. The number of rotatable bonds is 6. The van der Waals surface area contributed by atoms with Crippen LogP contribution < -0.4 is 10.2 Å². The third-order valence-corrected chi connectivity index (χ3v) is 8.35. The fraction of sp³-hybridized carbons (Fsp3) is 0.419. The van der Waals surface area contributed by atoms with Crippen molar-refractivity contribution in [3.8, 4) is 6.07 Å². The van der Waals surface area contributed by atoms with Crippen LogP contribution in [0.15, 0.2) is 55.0 Å². The largest absolute Gasteiger partial charge is 0.329 e. The third-order valence-electron chi connectivity index (χ3n) is 8.35. The fourth-order valence-corrected chi connectivity index (χ4v) is 6.36. The monoisotopic (exact) mass is 522 g/mol. The first-order chi connectivity index (χ1) is 18.7. The number of nitriles is 1. The fourth-order valence-electron chi connectivity index (χ4n) is 6.36. The molecule has 1 aromatic heterocycles. The van der Waals surface area contributed by atoms with Crippen LogP contribution in [0.2, 0.25) is 0 Å². The van der Waals surface area contributed by atoms with Gasteiger partial charge < -0.3 is 10.2 Å². The van der Waals surface area contributed by atoms with Crippen molar-refractivity contribution in [2.75, 3.05) is 24.5 Å². The zero-order valence-corrected chi connectivity index (χ0v) is 22.6. The molecule has 0 radical (unpaired) electrons. The van der Waals surface area contributed by atoms with E-state index in [1.807, 2.05) is 38.2 Å². The Balaban J connectivity index is 1.20. The van der Waals surface area contributed by atoms with Crippen LogP contribution in [0.4, 0.5) is 5.69 Å². The molecule has 3 aliphatic heterocycles.